The smallest absolute Gasteiger partial charge is 0.319 e. The molecule has 2 N–H and O–H groups in total. The van der Waals surface area contributed by atoms with Crippen molar-refractivity contribution in [3.63, 3.8) is 0 Å². The molecule has 1 heterocycles. The van der Waals surface area contributed by atoms with E-state index < -0.39 is 0 Å². The third-order valence-electron chi connectivity index (χ3n) is 5.50. The first kappa shape index (κ1) is 21.6. The van der Waals surface area contributed by atoms with Gasteiger partial charge in [0, 0.05) is 24.0 Å². The molecule has 0 aliphatic carbocycles. The molecule has 5 nitrogen and oxygen atoms in total. The molecule has 0 aliphatic heterocycles. The maximum absolute atomic E-state index is 12.8. The zero-order chi connectivity index (χ0) is 21.5. The van der Waals surface area contributed by atoms with Crippen molar-refractivity contribution in [2.24, 2.45) is 0 Å². The van der Waals surface area contributed by atoms with Crippen LogP contribution in [0, 0.1) is 13.8 Å². The third kappa shape index (κ3) is 5.09. The van der Waals surface area contributed by atoms with Gasteiger partial charge in [-0.25, -0.2) is 4.79 Å². The van der Waals surface area contributed by atoms with Crippen molar-refractivity contribution in [3.8, 4) is 5.75 Å². The van der Waals surface area contributed by atoms with Crippen LogP contribution in [-0.2, 0) is 0 Å². The second-order valence-corrected chi connectivity index (χ2v) is 7.75. The Labute approximate surface area is 178 Å². The molecule has 0 fully saturated rings. The number of aryl methyl sites for hydroxylation is 2. The first-order valence-corrected chi connectivity index (χ1v) is 10.6. The second-order valence-electron chi connectivity index (χ2n) is 7.75. The fourth-order valence-corrected chi connectivity index (χ4v) is 3.82. The van der Waals surface area contributed by atoms with Gasteiger partial charge in [0.25, 0.3) is 0 Å². The minimum absolute atomic E-state index is 0.239. The fraction of sp³-hybridized carbons (Fsp3) is 0.360. The lowest BCUT2D eigenvalue weighted by Crippen LogP contribution is -2.33. The van der Waals surface area contributed by atoms with Gasteiger partial charge >= 0.3 is 6.03 Å². The summed E-state index contributed by atoms with van der Waals surface area (Å²) in [6.45, 7) is 7.03. The van der Waals surface area contributed by atoms with Gasteiger partial charge in [-0.3, -0.25) is 4.98 Å². The molecule has 2 amide bonds. The molecule has 0 saturated heterocycles. The number of aromatic nitrogens is 1. The molecule has 0 radical (unpaired) electrons. The van der Waals surface area contributed by atoms with E-state index in [1.807, 2.05) is 24.3 Å². The van der Waals surface area contributed by atoms with Crippen molar-refractivity contribution in [1.29, 1.82) is 0 Å². The zero-order valence-electron chi connectivity index (χ0n) is 18.3. The van der Waals surface area contributed by atoms with E-state index in [-0.39, 0.29) is 11.9 Å². The highest BCUT2D eigenvalue weighted by atomic mass is 16.5. The van der Waals surface area contributed by atoms with E-state index in [9.17, 15) is 4.79 Å². The lowest BCUT2D eigenvalue weighted by molar-refractivity contribution is 0.251. The highest BCUT2D eigenvalue weighted by molar-refractivity contribution is 6.03. The summed E-state index contributed by atoms with van der Waals surface area (Å²) in [6, 6.07) is 13.8. The van der Waals surface area contributed by atoms with Crippen molar-refractivity contribution >= 4 is 22.6 Å². The van der Waals surface area contributed by atoms with E-state index in [4.69, 9.17) is 4.74 Å². The van der Waals surface area contributed by atoms with Gasteiger partial charge in [-0.05, 0) is 55.7 Å². The van der Waals surface area contributed by atoms with Crippen molar-refractivity contribution in [1.82, 2.24) is 10.3 Å². The largest absolute Gasteiger partial charge is 0.495 e. The number of pyridine rings is 1. The SMILES string of the molecule is CCCCC(CNC(=O)Nc1c(OC)ccc2ncccc12)c1cc(C)ccc1C. The van der Waals surface area contributed by atoms with E-state index in [2.05, 4.69) is 54.6 Å². The molecule has 0 bridgehead atoms. The molecule has 30 heavy (non-hydrogen) atoms. The summed E-state index contributed by atoms with van der Waals surface area (Å²) in [6.07, 6.45) is 5.04. The van der Waals surface area contributed by atoms with Crippen LogP contribution in [-0.4, -0.2) is 24.7 Å². The Bertz CT molecular complexity index is 1020. The van der Waals surface area contributed by atoms with Gasteiger partial charge in [-0.2, -0.15) is 0 Å². The minimum Gasteiger partial charge on any atom is -0.495 e. The predicted octanol–water partition coefficient (Wildman–Crippen LogP) is 5.96. The number of urea groups is 1. The molecule has 3 aromatic rings. The number of anilines is 1. The fourth-order valence-electron chi connectivity index (χ4n) is 3.82. The summed E-state index contributed by atoms with van der Waals surface area (Å²) < 4.78 is 5.46. The van der Waals surface area contributed by atoms with Gasteiger partial charge in [0.2, 0.25) is 0 Å². The van der Waals surface area contributed by atoms with E-state index in [0.29, 0.717) is 18.0 Å². The quantitative estimate of drug-likeness (QED) is 0.486. The van der Waals surface area contributed by atoms with Gasteiger partial charge in [-0.1, -0.05) is 43.5 Å². The van der Waals surface area contributed by atoms with E-state index in [1.54, 1.807) is 13.3 Å². The van der Waals surface area contributed by atoms with Gasteiger partial charge in [0.15, 0.2) is 0 Å². The number of ether oxygens (including phenoxy) is 1. The number of rotatable bonds is 8. The van der Waals surface area contributed by atoms with Crippen LogP contribution in [0.3, 0.4) is 0 Å². The Balaban J connectivity index is 1.76. The van der Waals surface area contributed by atoms with Crippen LogP contribution in [0.2, 0.25) is 0 Å². The van der Waals surface area contributed by atoms with Crippen LogP contribution in [0.1, 0.15) is 48.8 Å². The maximum atomic E-state index is 12.8. The number of benzene rings is 2. The van der Waals surface area contributed by atoms with E-state index >= 15 is 0 Å². The number of nitrogens with one attached hydrogen (secondary N) is 2. The summed E-state index contributed by atoms with van der Waals surface area (Å²) >= 11 is 0. The summed E-state index contributed by atoms with van der Waals surface area (Å²) in [5, 5.41) is 6.90. The standard InChI is InChI=1S/C25H31N3O2/c1-5-6-8-19(21-15-17(2)10-11-18(21)3)16-27-25(29)28-24-20-9-7-14-26-22(20)12-13-23(24)30-4/h7,9-15,19H,5-6,8,16H2,1-4H3,(H2,27,28,29). The number of carbonyl (C=O) groups is 1. The number of methoxy groups -OCH3 is 1. The monoisotopic (exact) mass is 405 g/mol. The van der Waals surface area contributed by atoms with Gasteiger partial charge < -0.3 is 15.4 Å². The number of hydrogen-bond donors (Lipinski definition) is 2. The topological polar surface area (TPSA) is 63.2 Å². The molecule has 2 aromatic carbocycles. The maximum Gasteiger partial charge on any atom is 0.319 e. The van der Waals surface area contributed by atoms with Crippen molar-refractivity contribution in [3.05, 3.63) is 65.4 Å². The van der Waals surface area contributed by atoms with Gasteiger partial charge in [0.05, 0.1) is 18.3 Å². The average molecular weight is 406 g/mol. The molecule has 1 aromatic heterocycles. The second kappa shape index (κ2) is 10.1. The van der Waals surface area contributed by atoms with Crippen LogP contribution < -0.4 is 15.4 Å². The van der Waals surface area contributed by atoms with Crippen LogP contribution in [0.15, 0.2) is 48.7 Å². The first-order chi connectivity index (χ1) is 14.5. The van der Waals surface area contributed by atoms with Crippen LogP contribution in [0.5, 0.6) is 5.75 Å². The predicted molar refractivity (Wildman–Crippen MR) is 123 cm³/mol. The van der Waals surface area contributed by atoms with Gasteiger partial charge in [-0.15, -0.1) is 0 Å². The Kier molecular flexibility index (Phi) is 7.28. The molecule has 3 rings (SSSR count). The molecule has 0 spiro atoms. The Hall–Kier alpha value is -3.08. The Morgan fingerprint density at radius 2 is 2.00 bits per heavy atom. The number of carbonyl (C=O) groups excluding carboxylic acids is 1. The molecular weight excluding hydrogens is 374 g/mol. The normalized spacial score (nSPS) is 11.9. The minimum atomic E-state index is -0.239. The van der Waals surface area contributed by atoms with Crippen molar-refractivity contribution in [2.45, 2.75) is 46.0 Å². The van der Waals surface area contributed by atoms with Crippen molar-refractivity contribution < 1.29 is 9.53 Å². The molecule has 0 saturated carbocycles. The van der Waals surface area contributed by atoms with Gasteiger partial charge in [0.1, 0.15) is 5.75 Å². The average Bonchev–Trinajstić information content (AvgIpc) is 2.76. The lowest BCUT2D eigenvalue weighted by Gasteiger charge is -2.21. The Morgan fingerprint density at radius 1 is 1.17 bits per heavy atom. The highest BCUT2D eigenvalue weighted by Gasteiger charge is 2.17. The van der Waals surface area contributed by atoms with Crippen LogP contribution >= 0.6 is 0 Å². The summed E-state index contributed by atoms with van der Waals surface area (Å²) in [5.41, 5.74) is 5.28. The van der Waals surface area contributed by atoms with Crippen LogP contribution in [0.25, 0.3) is 10.9 Å². The summed E-state index contributed by atoms with van der Waals surface area (Å²) in [4.78, 5) is 17.2. The third-order valence-corrected chi connectivity index (χ3v) is 5.50. The number of unbranched alkanes of at least 4 members (excludes halogenated alkanes) is 1. The highest BCUT2D eigenvalue weighted by Crippen LogP contribution is 2.32. The summed E-state index contributed by atoms with van der Waals surface area (Å²) in [7, 11) is 1.60. The van der Waals surface area contributed by atoms with E-state index in [0.717, 1.165) is 30.2 Å². The molecule has 5 heteroatoms. The molecule has 158 valence electrons. The van der Waals surface area contributed by atoms with Crippen molar-refractivity contribution in [2.75, 3.05) is 19.0 Å². The zero-order valence-corrected chi connectivity index (χ0v) is 18.3. The van der Waals surface area contributed by atoms with Crippen LogP contribution in [0.4, 0.5) is 10.5 Å². The molecule has 0 aliphatic rings. The Morgan fingerprint density at radius 3 is 2.77 bits per heavy atom. The number of fused-ring (bicyclic) bond motifs is 1. The number of amides is 2. The first-order valence-electron chi connectivity index (χ1n) is 10.6. The number of hydrogen-bond acceptors (Lipinski definition) is 3. The number of nitrogens with zero attached hydrogens (tertiary/aromatic N) is 1. The van der Waals surface area contributed by atoms with E-state index in [1.165, 1.54) is 16.7 Å². The molecule has 1 atom stereocenters. The summed E-state index contributed by atoms with van der Waals surface area (Å²) in [5.74, 6) is 0.898. The molecule has 1 unspecified atom stereocenters. The molecular formula is C25H31N3O2. The lowest BCUT2D eigenvalue weighted by atomic mass is 9.89.